The number of hydrogen-bond donors (Lipinski definition) is 1. The molecule has 1 saturated heterocycles. The molecule has 2 N–H and O–H groups in total. The van der Waals surface area contributed by atoms with E-state index in [1.807, 2.05) is 16.3 Å². The van der Waals surface area contributed by atoms with Crippen molar-refractivity contribution in [2.24, 2.45) is 5.73 Å². The highest BCUT2D eigenvalue weighted by Crippen LogP contribution is 2.19. The first kappa shape index (κ1) is 14.2. The van der Waals surface area contributed by atoms with Crippen molar-refractivity contribution in [1.29, 1.82) is 0 Å². The second kappa shape index (κ2) is 6.18. The molecule has 1 fully saturated rings. The molecule has 6 heteroatoms. The molecule has 0 saturated carbocycles. The minimum absolute atomic E-state index is 0. The van der Waals surface area contributed by atoms with E-state index in [-0.39, 0.29) is 24.4 Å². The van der Waals surface area contributed by atoms with Crippen LogP contribution in [0.5, 0.6) is 0 Å². The lowest BCUT2D eigenvalue weighted by atomic mass is 10.1. The Kier molecular flexibility index (Phi) is 5.49. The fourth-order valence-corrected chi connectivity index (χ4v) is 3.03. The molecule has 1 aromatic rings. The molecule has 0 spiro atoms. The minimum atomic E-state index is 0. The van der Waals surface area contributed by atoms with Crippen LogP contribution in [-0.2, 0) is 0 Å². The Morgan fingerprint density at radius 2 is 2.12 bits per heavy atom. The lowest BCUT2D eigenvalue weighted by Gasteiger charge is -2.29. The number of hydrogen-bond acceptors (Lipinski definition) is 3. The van der Waals surface area contributed by atoms with Gasteiger partial charge in [-0.25, -0.2) is 0 Å². The van der Waals surface area contributed by atoms with Gasteiger partial charge in [-0.3, -0.25) is 4.79 Å². The summed E-state index contributed by atoms with van der Waals surface area (Å²) in [5.41, 5.74) is 6.62. The Morgan fingerprint density at radius 3 is 2.62 bits per heavy atom. The van der Waals surface area contributed by atoms with E-state index in [1.165, 1.54) is 0 Å². The van der Waals surface area contributed by atoms with Gasteiger partial charge in [0.05, 0.1) is 8.45 Å². The molecule has 16 heavy (non-hydrogen) atoms. The fourth-order valence-electron chi connectivity index (χ4n) is 1.71. The summed E-state index contributed by atoms with van der Waals surface area (Å²) in [7, 11) is 0. The number of likely N-dealkylation sites (tertiary alicyclic amines) is 1. The van der Waals surface area contributed by atoms with Crippen molar-refractivity contribution in [2.75, 3.05) is 13.1 Å². The van der Waals surface area contributed by atoms with Gasteiger partial charge in [0.25, 0.3) is 5.91 Å². The van der Waals surface area contributed by atoms with Gasteiger partial charge in [-0.05, 0) is 41.5 Å². The minimum Gasteiger partial charge on any atom is -0.339 e. The smallest absolute Gasteiger partial charge is 0.254 e. The van der Waals surface area contributed by atoms with Gasteiger partial charge in [-0.15, -0.1) is 23.7 Å². The van der Waals surface area contributed by atoms with Crippen molar-refractivity contribution in [2.45, 2.75) is 18.9 Å². The number of thiophene rings is 1. The molecule has 2 heterocycles. The molecule has 0 bridgehead atoms. The van der Waals surface area contributed by atoms with Crippen molar-refractivity contribution < 1.29 is 4.79 Å². The van der Waals surface area contributed by atoms with Crippen molar-refractivity contribution in [3.63, 3.8) is 0 Å². The number of amides is 1. The highest BCUT2D eigenvalue weighted by atomic mass is 127. The lowest BCUT2D eigenvalue weighted by Crippen LogP contribution is -2.42. The van der Waals surface area contributed by atoms with Crippen molar-refractivity contribution >= 4 is 52.2 Å². The first-order chi connectivity index (χ1) is 7.16. The summed E-state index contributed by atoms with van der Waals surface area (Å²) in [4.78, 5) is 13.9. The summed E-state index contributed by atoms with van der Waals surface area (Å²) in [5.74, 6) is 0.154. The zero-order valence-electron chi connectivity index (χ0n) is 8.69. The monoisotopic (exact) mass is 372 g/mol. The van der Waals surface area contributed by atoms with Gasteiger partial charge < -0.3 is 10.6 Å². The van der Waals surface area contributed by atoms with Crippen LogP contribution < -0.4 is 5.73 Å². The molecular formula is C10H14ClIN2OS. The highest BCUT2D eigenvalue weighted by molar-refractivity contribution is 14.1. The van der Waals surface area contributed by atoms with E-state index in [9.17, 15) is 4.79 Å². The molecule has 90 valence electrons. The van der Waals surface area contributed by atoms with Crippen LogP contribution in [-0.4, -0.2) is 29.9 Å². The van der Waals surface area contributed by atoms with Crippen LogP contribution in [0, 0.1) is 2.88 Å². The van der Waals surface area contributed by atoms with Gasteiger partial charge in [0.2, 0.25) is 0 Å². The number of nitrogens with zero attached hydrogens (tertiary/aromatic N) is 1. The molecule has 3 nitrogen and oxygen atoms in total. The number of halogens is 2. The first-order valence-corrected chi connectivity index (χ1v) is 6.91. The van der Waals surface area contributed by atoms with E-state index < -0.39 is 0 Å². The molecule has 0 aliphatic carbocycles. The molecule has 1 aliphatic heterocycles. The van der Waals surface area contributed by atoms with Crippen LogP contribution in [0.3, 0.4) is 0 Å². The van der Waals surface area contributed by atoms with Gasteiger partial charge in [-0.1, -0.05) is 0 Å². The van der Waals surface area contributed by atoms with Gasteiger partial charge in [-0.2, -0.15) is 0 Å². The maximum Gasteiger partial charge on any atom is 0.254 e. The summed E-state index contributed by atoms with van der Waals surface area (Å²) in [6.45, 7) is 1.60. The van der Waals surface area contributed by atoms with E-state index in [4.69, 9.17) is 5.73 Å². The summed E-state index contributed by atoms with van der Waals surface area (Å²) in [6, 6.07) is 2.22. The SMILES string of the molecule is Cl.NC1CCN(C(=O)c2csc(I)c2)CC1. The maximum atomic E-state index is 12.0. The topological polar surface area (TPSA) is 46.3 Å². The van der Waals surface area contributed by atoms with Crippen molar-refractivity contribution in [3.05, 3.63) is 19.9 Å². The molecule has 0 unspecified atom stereocenters. The third-order valence-electron chi connectivity index (χ3n) is 2.64. The predicted octanol–water partition coefficient (Wildman–Crippen LogP) is 2.34. The van der Waals surface area contributed by atoms with Gasteiger partial charge >= 0.3 is 0 Å². The Labute approximate surface area is 119 Å². The number of carbonyl (C=O) groups excluding carboxylic acids is 1. The van der Waals surface area contributed by atoms with Crippen LogP contribution in [0.25, 0.3) is 0 Å². The summed E-state index contributed by atoms with van der Waals surface area (Å²) >= 11 is 3.85. The van der Waals surface area contributed by atoms with Crippen LogP contribution in [0.4, 0.5) is 0 Å². The zero-order chi connectivity index (χ0) is 10.8. The van der Waals surface area contributed by atoms with Crippen LogP contribution >= 0.6 is 46.3 Å². The highest BCUT2D eigenvalue weighted by Gasteiger charge is 2.22. The number of rotatable bonds is 1. The van der Waals surface area contributed by atoms with E-state index in [0.29, 0.717) is 0 Å². The Bertz CT molecular complexity index is 363. The molecule has 0 radical (unpaired) electrons. The quantitative estimate of drug-likeness (QED) is 0.769. The van der Waals surface area contributed by atoms with Crippen LogP contribution in [0.15, 0.2) is 11.4 Å². The third kappa shape index (κ3) is 3.32. The Hall–Kier alpha value is 0.150. The van der Waals surface area contributed by atoms with Gasteiger partial charge in [0, 0.05) is 24.5 Å². The fraction of sp³-hybridized carbons (Fsp3) is 0.500. The van der Waals surface area contributed by atoms with E-state index >= 15 is 0 Å². The molecule has 1 amide bonds. The van der Waals surface area contributed by atoms with Crippen molar-refractivity contribution in [3.8, 4) is 0 Å². The van der Waals surface area contributed by atoms with E-state index in [2.05, 4.69) is 22.6 Å². The van der Waals surface area contributed by atoms with Gasteiger partial charge in [0.1, 0.15) is 0 Å². The Morgan fingerprint density at radius 1 is 1.50 bits per heavy atom. The largest absolute Gasteiger partial charge is 0.339 e. The normalized spacial score (nSPS) is 17.0. The van der Waals surface area contributed by atoms with Crippen LogP contribution in [0.2, 0.25) is 0 Å². The number of nitrogens with two attached hydrogens (primary N) is 1. The molecular weight excluding hydrogens is 359 g/mol. The molecule has 1 aromatic heterocycles. The van der Waals surface area contributed by atoms with Crippen LogP contribution in [0.1, 0.15) is 23.2 Å². The van der Waals surface area contributed by atoms with E-state index in [1.54, 1.807) is 11.3 Å². The second-order valence-corrected chi connectivity index (χ2v) is 6.57. The molecule has 0 atom stereocenters. The average molecular weight is 373 g/mol. The first-order valence-electron chi connectivity index (χ1n) is 4.95. The Balaban J connectivity index is 0.00000128. The van der Waals surface area contributed by atoms with E-state index in [0.717, 1.165) is 34.4 Å². The van der Waals surface area contributed by atoms with Gasteiger partial charge in [0.15, 0.2) is 0 Å². The molecule has 0 aromatic carbocycles. The summed E-state index contributed by atoms with van der Waals surface area (Å²) in [5, 5.41) is 1.93. The number of piperidine rings is 1. The summed E-state index contributed by atoms with van der Waals surface area (Å²) < 4.78 is 1.16. The number of carbonyl (C=O) groups is 1. The average Bonchev–Trinajstić information content (AvgIpc) is 2.65. The second-order valence-electron chi connectivity index (χ2n) is 3.77. The molecule has 1 aliphatic rings. The molecule has 2 rings (SSSR count). The third-order valence-corrected chi connectivity index (χ3v) is 4.43. The standard InChI is InChI=1S/C10H13IN2OS.ClH/c11-9-5-7(6-15-9)10(14)13-3-1-8(12)2-4-13;/h5-6,8H,1-4,12H2;1H. The van der Waals surface area contributed by atoms with Crippen molar-refractivity contribution in [1.82, 2.24) is 4.90 Å². The predicted molar refractivity (Wildman–Crippen MR) is 77.4 cm³/mol. The zero-order valence-corrected chi connectivity index (χ0v) is 12.5. The maximum absolute atomic E-state index is 12.0. The summed E-state index contributed by atoms with van der Waals surface area (Å²) in [6.07, 6.45) is 1.85. The lowest BCUT2D eigenvalue weighted by molar-refractivity contribution is 0.0715.